The van der Waals surface area contributed by atoms with E-state index in [1.807, 2.05) is 42.5 Å². The van der Waals surface area contributed by atoms with Gasteiger partial charge in [-0.15, -0.1) is 0 Å². The van der Waals surface area contributed by atoms with Crippen LogP contribution in [0.5, 0.6) is 0 Å². The first-order valence-electron chi connectivity index (χ1n) is 6.28. The van der Waals surface area contributed by atoms with Gasteiger partial charge in [-0.3, -0.25) is 0 Å². The molecule has 0 amide bonds. The van der Waals surface area contributed by atoms with Crippen LogP contribution >= 0.6 is 11.6 Å². The zero-order chi connectivity index (χ0) is 15.3. The maximum absolute atomic E-state index is 12.7. The third kappa shape index (κ3) is 4.83. The first-order chi connectivity index (χ1) is 9.95. The molecule has 0 aliphatic carbocycles. The highest BCUT2D eigenvalue weighted by atomic mass is 35.5. The lowest BCUT2D eigenvalue weighted by Gasteiger charge is -2.10. The van der Waals surface area contributed by atoms with Gasteiger partial charge in [-0.2, -0.15) is 13.2 Å². The molecule has 110 valence electrons. The van der Waals surface area contributed by atoms with Crippen LogP contribution in [0.4, 0.5) is 18.9 Å². The standard InChI is InChI=1S/C16H13ClF3N/c17-14-9-13(16(18,19)20)10-15(11-14)21-8-4-7-12-5-2-1-3-6-12/h1-7,9-11,21H,8H2/b7-4+. The lowest BCUT2D eigenvalue weighted by Crippen LogP contribution is -2.06. The molecule has 0 atom stereocenters. The van der Waals surface area contributed by atoms with Gasteiger partial charge in [0.15, 0.2) is 0 Å². The molecule has 0 bridgehead atoms. The van der Waals surface area contributed by atoms with E-state index in [9.17, 15) is 13.2 Å². The van der Waals surface area contributed by atoms with E-state index in [-0.39, 0.29) is 5.02 Å². The van der Waals surface area contributed by atoms with Crippen molar-refractivity contribution in [2.75, 3.05) is 11.9 Å². The molecule has 0 aliphatic rings. The minimum Gasteiger partial charge on any atom is -0.382 e. The molecule has 5 heteroatoms. The monoisotopic (exact) mass is 311 g/mol. The molecule has 0 radical (unpaired) electrons. The van der Waals surface area contributed by atoms with E-state index in [4.69, 9.17) is 11.6 Å². The Kier molecular flexibility index (Phi) is 4.91. The quantitative estimate of drug-likeness (QED) is 0.788. The number of rotatable bonds is 4. The van der Waals surface area contributed by atoms with E-state index in [1.54, 1.807) is 0 Å². The van der Waals surface area contributed by atoms with Crippen LogP contribution in [0.15, 0.2) is 54.6 Å². The summed E-state index contributed by atoms with van der Waals surface area (Å²) in [4.78, 5) is 0. The smallest absolute Gasteiger partial charge is 0.382 e. The van der Waals surface area contributed by atoms with Gasteiger partial charge in [0.25, 0.3) is 0 Å². The van der Waals surface area contributed by atoms with Crippen molar-refractivity contribution in [2.24, 2.45) is 0 Å². The van der Waals surface area contributed by atoms with E-state index in [0.29, 0.717) is 12.2 Å². The summed E-state index contributed by atoms with van der Waals surface area (Å²) in [6.07, 6.45) is -0.674. The fourth-order valence-electron chi connectivity index (χ4n) is 1.79. The fourth-order valence-corrected chi connectivity index (χ4v) is 2.03. The summed E-state index contributed by atoms with van der Waals surface area (Å²) in [5.74, 6) is 0. The second kappa shape index (κ2) is 6.68. The Balaban J connectivity index is 2.00. The van der Waals surface area contributed by atoms with E-state index in [0.717, 1.165) is 17.7 Å². The highest BCUT2D eigenvalue weighted by Crippen LogP contribution is 2.33. The first kappa shape index (κ1) is 15.4. The third-order valence-electron chi connectivity index (χ3n) is 2.76. The van der Waals surface area contributed by atoms with Crippen LogP contribution in [0.25, 0.3) is 6.08 Å². The topological polar surface area (TPSA) is 12.0 Å². The normalized spacial score (nSPS) is 11.8. The highest BCUT2D eigenvalue weighted by molar-refractivity contribution is 6.30. The van der Waals surface area contributed by atoms with Crippen LogP contribution in [0.1, 0.15) is 11.1 Å². The lowest BCUT2D eigenvalue weighted by atomic mass is 10.2. The van der Waals surface area contributed by atoms with Gasteiger partial charge in [-0.1, -0.05) is 54.1 Å². The molecule has 0 fully saturated rings. The summed E-state index contributed by atoms with van der Waals surface area (Å²) in [6, 6.07) is 13.1. The highest BCUT2D eigenvalue weighted by Gasteiger charge is 2.31. The van der Waals surface area contributed by atoms with Gasteiger partial charge in [0, 0.05) is 17.3 Å². The Bertz CT molecular complexity index is 621. The van der Waals surface area contributed by atoms with E-state index in [1.165, 1.54) is 6.07 Å². The minimum atomic E-state index is -4.40. The van der Waals surface area contributed by atoms with Crippen molar-refractivity contribution in [3.63, 3.8) is 0 Å². The Morgan fingerprint density at radius 2 is 1.76 bits per heavy atom. The third-order valence-corrected chi connectivity index (χ3v) is 2.98. The van der Waals surface area contributed by atoms with Gasteiger partial charge in [-0.25, -0.2) is 0 Å². The molecule has 0 aromatic heterocycles. The van der Waals surface area contributed by atoms with Crippen molar-refractivity contribution in [1.82, 2.24) is 0 Å². The Morgan fingerprint density at radius 3 is 2.43 bits per heavy atom. The maximum Gasteiger partial charge on any atom is 0.416 e. The van der Waals surface area contributed by atoms with Gasteiger partial charge >= 0.3 is 6.18 Å². The molecular formula is C16H13ClF3N. The number of alkyl halides is 3. The van der Waals surface area contributed by atoms with Crippen molar-refractivity contribution in [3.05, 3.63) is 70.8 Å². The van der Waals surface area contributed by atoms with Crippen molar-refractivity contribution >= 4 is 23.4 Å². The number of hydrogen-bond acceptors (Lipinski definition) is 1. The zero-order valence-electron chi connectivity index (χ0n) is 11.0. The molecule has 0 spiro atoms. The van der Waals surface area contributed by atoms with Crippen molar-refractivity contribution in [2.45, 2.75) is 6.18 Å². The Hall–Kier alpha value is -1.94. The molecule has 0 saturated carbocycles. The number of halogens is 4. The average molecular weight is 312 g/mol. The van der Waals surface area contributed by atoms with Crippen LogP contribution in [0.3, 0.4) is 0 Å². The Labute approximate surface area is 126 Å². The number of anilines is 1. The molecule has 0 saturated heterocycles. The summed E-state index contributed by atoms with van der Waals surface area (Å²) in [7, 11) is 0. The molecule has 1 N–H and O–H groups in total. The molecule has 2 rings (SSSR count). The number of hydrogen-bond donors (Lipinski definition) is 1. The predicted octanol–water partition coefficient (Wildman–Crippen LogP) is 5.48. The lowest BCUT2D eigenvalue weighted by molar-refractivity contribution is -0.137. The molecule has 21 heavy (non-hydrogen) atoms. The molecule has 0 heterocycles. The summed E-state index contributed by atoms with van der Waals surface area (Å²) in [5, 5.41) is 2.95. The van der Waals surface area contributed by atoms with Crippen LogP contribution in [0, 0.1) is 0 Å². The zero-order valence-corrected chi connectivity index (χ0v) is 11.7. The second-order valence-corrected chi connectivity index (χ2v) is 4.86. The van der Waals surface area contributed by atoms with Gasteiger partial charge in [-0.05, 0) is 23.8 Å². The van der Waals surface area contributed by atoms with Crippen molar-refractivity contribution in [1.29, 1.82) is 0 Å². The SMILES string of the molecule is FC(F)(F)c1cc(Cl)cc(NC/C=C/c2ccccc2)c1. The second-order valence-electron chi connectivity index (χ2n) is 4.42. The van der Waals surface area contributed by atoms with Gasteiger partial charge in [0.1, 0.15) is 0 Å². The summed E-state index contributed by atoms with van der Waals surface area (Å²) in [5.41, 5.74) is 0.610. The van der Waals surface area contributed by atoms with E-state index in [2.05, 4.69) is 5.32 Å². The van der Waals surface area contributed by atoms with Crippen LogP contribution < -0.4 is 5.32 Å². The summed E-state index contributed by atoms with van der Waals surface area (Å²) in [6.45, 7) is 0.409. The van der Waals surface area contributed by atoms with Gasteiger partial charge in [0.05, 0.1) is 5.56 Å². The number of nitrogens with one attached hydrogen (secondary N) is 1. The van der Waals surface area contributed by atoms with Crippen molar-refractivity contribution in [3.8, 4) is 0 Å². The summed E-state index contributed by atoms with van der Waals surface area (Å²) < 4.78 is 38.0. The van der Waals surface area contributed by atoms with E-state index < -0.39 is 11.7 Å². The van der Waals surface area contributed by atoms with Gasteiger partial charge < -0.3 is 5.32 Å². The fraction of sp³-hybridized carbons (Fsp3) is 0.125. The van der Waals surface area contributed by atoms with Crippen LogP contribution in [-0.2, 0) is 6.18 Å². The minimum absolute atomic E-state index is 0.0550. The number of benzene rings is 2. The van der Waals surface area contributed by atoms with Crippen LogP contribution in [0.2, 0.25) is 5.02 Å². The van der Waals surface area contributed by atoms with Gasteiger partial charge in [0.2, 0.25) is 0 Å². The molecule has 1 nitrogen and oxygen atoms in total. The molecule has 0 unspecified atom stereocenters. The van der Waals surface area contributed by atoms with Crippen LogP contribution in [-0.4, -0.2) is 6.54 Å². The molecule has 2 aromatic rings. The van der Waals surface area contributed by atoms with Crippen molar-refractivity contribution < 1.29 is 13.2 Å². The molecular weight excluding hydrogens is 299 g/mol. The molecule has 0 aliphatic heterocycles. The average Bonchev–Trinajstić information content (AvgIpc) is 2.43. The first-order valence-corrected chi connectivity index (χ1v) is 6.66. The maximum atomic E-state index is 12.7. The largest absolute Gasteiger partial charge is 0.416 e. The van der Waals surface area contributed by atoms with E-state index >= 15 is 0 Å². The summed E-state index contributed by atoms with van der Waals surface area (Å²) >= 11 is 5.71. The predicted molar refractivity (Wildman–Crippen MR) is 80.4 cm³/mol. The Morgan fingerprint density at radius 1 is 1.05 bits per heavy atom. The molecule has 2 aromatic carbocycles.